The summed E-state index contributed by atoms with van der Waals surface area (Å²) >= 11 is 0. The first-order chi connectivity index (χ1) is 11.5. The van der Waals surface area contributed by atoms with Crippen LogP contribution in [0.4, 0.5) is 13.2 Å². The topological polar surface area (TPSA) is 49.6 Å². The fraction of sp³-hybridized carbons (Fsp3) is 0.353. The monoisotopic (exact) mass is 339 g/mol. The molecule has 24 heavy (non-hydrogen) atoms. The zero-order chi connectivity index (χ0) is 17.4. The van der Waals surface area contributed by atoms with Crippen LogP contribution >= 0.6 is 0 Å². The number of rotatable bonds is 6. The van der Waals surface area contributed by atoms with Gasteiger partial charge in [0.1, 0.15) is 5.76 Å². The Morgan fingerprint density at radius 3 is 2.67 bits per heavy atom. The standard InChI is InChI=1S/C17H20F3N3O/c1-2-21-16(22-9-8-15-7-4-10-24-15)23-12-13-5-3-6-14(11-13)17(18,19)20/h3-7,10-11H,2,8-9,12H2,1H3,(H2,21,22,23). The van der Waals surface area contributed by atoms with Crippen LogP contribution < -0.4 is 10.6 Å². The predicted molar refractivity (Wildman–Crippen MR) is 86.7 cm³/mol. The second-order valence-electron chi connectivity index (χ2n) is 5.15. The fourth-order valence-electron chi connectivity index (χ4n) is 2.12. The van der Waals surface area contributed by atoms with Crippen LogP contribution in [0, 0.1) is 0 Å². The van der Waals surface area contributed by atoms with Crippen LogP contribution in [-0.4, -0.2) is 19.0 Å². The van der Waals surface area contributed by atoms with E-state index in [0.29, 0.717) is 31.0 Å². The molecule has 4 nitrogen and oxygen atoms in total. The van der Waals surface area contributed by atoms with Gasteiger partial charge in [-0.3, -0.25) is 0 Å². The highest BCUT2D eigenvalue weighted by molar-refractivity contribution is 5.79. The molecule has 2 N–H and O–H groups in total. The van der Waals surface area contributed by atoms with Crippen LogP contribution in [0.3, 0.4) is 0 Å². The van der Waals surface area contributed by atoms with Crippen molar-refractivity contribution >= 4 is 5.96 Å². The molecule has 0 aliphatic heterocycles. The molecule has 0 unspecified atom stereocenters. The van der Waals surface area contributed by atoms with Crippen LogP contribution in [0.2, 0.25) is 0 Å². The highest BCUT2D eigenvalue weighted by atomic mass is 19.4. The number of aliphatic imine (C=N–C) groups is 1. The van der Waals surface area contributed by atoms with Crippen molar-refractivity contribution in [3.8, 4) is 0 Å². The molecule has 130 valence electrons. The summed E-state index contributed by atoms with van der Waals surface area (Å²) in [5, 5.41) is 6.19. The molecule has 0 spiro atoms. The van der Waals surface area contributed by atoms with E-state index in [1.165, 1.54) is 6.07 Å². The minimum atomic E-state index is -4.34. The van der Waals surface area contributed by atoms with Gasteiger partial charge in [0, 0.05) is 19.5 Å². The van der Waals surface area contributed by atoms with Crippen LogP contribution in [0.1, 0.15) is 23.8 Å². The van der Waals surface area contributed by atoms with Crippen molar-refractivity contribution in [2.75, 3.05) is 13.1 Å². The Kier molecular flexibility index (Phi) is 6.28. The predicted octanol–water partition coefficient (Wildman–Crippen LogP) is 3.60. The number of hydrogen-bond donors (Lipinski definition) is 2. The van der Waals surface area contributed by atoms with E-state index in [1.54, 1.807) is 12.3 Å². The molecule has 0 atom stereocenters. The summed E-state index contributed by atoms with van der Waals surface area (Å²) in [6, 6.07) is 8.91. The Morgan fingerprint density at radius 1 is 1.17 bits per heavy atom. The molecule has 0 aliphatic rings. The number of guanidine groups is 1. The van der Waals surface area contributed by atoms with Gasteiger partial charge in [-0.05, 0) is 36.8 Å². The SMILES string of the molecule is CCNC(=NCc1cccc(C(F)(F)F)c1)NCCc1ccco1. The number of halogens is 3. The molecule has 0 amide bonds. The molecule has 1 aromatic carbocycles. The van der Waals surface area contributed by atoms with Crippen LogP contribution in [0.5, 0.6) is 0 Å². The van der Waals surface area contributed by atoms with Crippen molar-refractivity contribution in [3.05, 3.63) is 59.5 Å². The summed E-state index contributed by atoms with van der Waals surface area (Å²) in [5.74, 6) is 1.41. The van der Waals surface area contributed by atoms with Gasteiger partial charge in [-0.1, -0.05) is 12.1 Å². The molecular weight excluding hydrogens is 319 g/mol. The minimum absolute atomic E-state index is 0.167. The normalized spacial score (nSPS) is 12.2. The van der Waals surface area contributed by atoms with Gasteiger partial charge in [-0.25, -0.2) is 4.99 Å². The van der Waals surface area contributed by atoms with E-state index in [4.69, 9.17) is 4.42 Å². The molecular formula is C17H20F3N3O. The molecule has 0 saturated carbocycles. The largest absolute Gasteiger partial charge is 0.469 e. The van der Waals surface area contributed by atoms with Crippen molar-refractivity contribution in [3.63, 3.8) is 0 Å². The smallest absolute Gasteiger partial charge is 0.416 e. The number of benzene rings is 1. The van der Waals surface area contributed by atoms with Gasteiger partial charge in [-0.2, -0.15) is 13.2 Å². The van der Waals surface area contributed by atoms with Gasteiger partial charge in [0.05, 0.1) is 18.4 Å². The first kappa shape index (κ1) is 17.9. The molecule has 0 bridgehead atoms. The van der Waals surface area contributed by atoms with Crippen LogP contribution in [-0.2, 0) is 19.1 Å². The molecule has 0 aliphatic carbocycles. The quantitative estimate of drug-likeness (QED) is 0.624. The van der Waals surface area contributed by atoms with Gasteiger partial charge >= 0.3 is 6.18 Å². The maximum atomic E-state index is 12.7. The lowest BCUT2D eigenvalue weighted by molar-refractivity contribution is -0.137. The highest BCUT2D eigenvalue weighted by Crippen LogP contribution is 2.29. The lowest BCUT2D eigenvalue weighted by atomic mass is 10.1. The number of alkyl halides is 3. The first-order valence-electron chi connectivity index (χ1n) is 7.69. The summed E-state index contributed by atoms with van der Waals surface area (Å²) < 4.78 is 43.4. The lowest BCUT2D eigenvalue weighted by Gasteiger charge is -2.11. The number of hydrogen-bond acceptors (Lipinski definition) is 2. The molecule has 0 fully saturated rings. The molecule has 1 aromatic heterocycles. The number of nitrogens with zero attached hydrogens (tertiary/aromatic N) is 1. The van der Waals surface area contributed by atoms with E-state index in [2.05, 4.69) is 15.6 Å². The van der Waals surface area contributed by atoms with Gasteiger partial charge in [-0.15, -0.1) is 0 Å². The number of nitrogens with one attached hydrogen (secondary N) is 2. The van der Waals surface area contributed by atoms with Crippen molar-refractivity contribution in [2.24, 2.45) is 4.99 Å². The van der Waals surface area contributed by atoms with E-state index >= 15 is 0 Å². The highest BCUT2D eigenvalue weighted by Gasteiger charge is 2.30. The molecule has 0 saturated heterocycles. The van der Waals surface area contributed by atoms with Crippen molar-refractivity contribution in [2.45, 2.75) is 26.1 Å². The van der Waals surface area contributed by atoms with Crippen molar-refractivity contribution < 1.29 is 17.6 Å². The fourth-order valence-corrected chi connectivity index (χ4v) is 2.12. The second kappa shape index (κ2) is 8.42. The summed E-state index contributed by atoms with van der Waals surface area (Å²) in [4.78, 5) is 4.32. The Bertz CT molecular complexity index is 651. The average Bonchev–Trinajstić information content (AvgIpc) is 3.05. The molecule has 7 heteroatoms. The third kappa shape index (κ3) is 5.64. The summed E-state index contributed by atoms with van der Waals surface area (Å²) in [7, 11) is 0. The molecule has 2 rings (SSSR count). The lowest BCUT2D eigenvalue weighted by Crippen LogP contribution is -2.38. The molecule has 2 aromatic rings. The van der Waals surface area contributed by atoms with Crippen LogP contribution in [0.15, 0.2) is 52.1 Å². The van der Waals surface area contributed by atoms with Crippen LogP contribution in [0.25, 0.3) is 0 Å². The maximum absolute atomic E-state index is 12.7. The Balaban J connectivity index is 1.94. The van der Waals surface area contributed by atoms with Gasteiger partial charge in [0.2, 0.25) is 0 Å². The maximum Gasteiger partial charge on any atom is 0.416 e. The third-order valence-electron chi connectivity index (χ3n) is 3.26. The summed E-state index contributed by atoms with van der Waals surface area (Å²) in [5.41, 5.74) is -0.154. The minimum Gasteiger partial charge on any atom is -0.469 e. The Morgan fingerprint density at radius 2 is 2.00 bits per heavy atom. The van der Waals surface area contributed by atoms with Crippen molar-refractivity contribution in [1.82, 2.24) is 10.6 Å². The number of furan rings is 1. The van der Waals surface area contributed by atoms with E-state index in [-0.39, 0.29) is 6.54 Å². The van der Waals surface area contributed by atoms with E-state index in [9.17, 15) is 13.2 Å². The molecule has 1 heterocycles. The van der Waals surface area contributed by atoms with E-state index in [1.807, 2.05) is 19.1 Å². The van der Waals surface area contributed by atoms with Crippen molar-refractivity contribution in [1.29, 1.82) is 0 Å². The zero-order valence-corrected chi connectivity index (χ0v) is 13.4. The Hall–Kier alpha value is -2.44. The summed E-state index contributed by atoms with van der Waals surface area (Å²) in [6.45, 7) is 3.37. The first-order valence-corrected chi connectivity index (χ1v) is 7.69. The van der Waals surface area contributed by atoms with Gasteiger partial charge in [0.25, 0.3) is 0 Å². The van der Waals surface area contributed by atoms with E-state index < -0.39 is 11.7 Å². The van der Waals surface area contributed by atoms with E-state index in [0.717, 1.165) is 17.9 Å². The van der Waals surface area contributed by atoms with Gasteiger partial charge in [0.15, 0.2) is 5.96 Å². The van der Waals surface area contributed by atoms with Gasteiger partial charge < -0.3 is 15.1 Å². The zero-order valence-electron chi connectivity index (χ0n) is 13.4. The average molecular weight is 339 g/mol. The summed E-state index contributed by atoms with van der Waals surface area (Å²) in [6.07, 6.45) is -2.03. The third-order valence-corrected chi connectivity index (χ3v) is 3.26. The molecule has 0 radical (unpaired) electrons. The second-order valence-corrected chi connectivity index (χ2v) is 5.15. The Labute approximate surface area is 138 Å².